The molecule has 0 bridgehead atoms. The standard InChI is InChI=1S/C26H36N2O4/c29-23(19-31-17-20-7-3-1-4-8-20)27-15-11-22(12-16-27)28-25(30)24(32-18-21-9-10-21)26(28)13-5-2-6-14-26/h1,3-4,7-8,21-22,24H,2,5-6,9-19H2. The van der Waals surface area contributed by atoms with Gasteiger partial charge in [0.2, 0.25) is 5.91 Å². The first-order valence-corrected chi connectivity index (χ1v) is 12.5. The molecule has 1 aromatic carbocycles. The SMILES string of the molecule is O=C(COCc1ccccc1)N1CCC(N2C(=O)C(OCC3CC3)C23CCCCC3)CC1. The molecule has 2 heterocycles. The number of amides is 2. The molecule has 0 radical (unpaired) electrons. The summed E-state index contributed by atoms with van der Waals surface area (Å²) < 4.78 is 11.8. The number of hydrogen-bond acceptors (Lipinski definition) is 4. The van der Waals surface area contributed by atoms with Gasteiger partial charge in [-0.3, -0.25) is 9.59 Å². The van der Waals surface area contributed by atoms with Crippen molar-refractivity contribution in [1.29, 1.82) is 0 Å². The van der Waals surface area contributed by atoms with E-state index in [-0.39, 0.29) is 36.1 Å². The molecule has 0 N–H and O–H groups in total. The van der Waals surface area contributed by atoms with E-state index in [1.54, 1.807) is 0 Å². The molecule has 6 heteroatoms. The Hall–Kier alpha value is -1.92. The Morgan fingerprint density at radius 2 is 1.72 bits per heavy atom. The molecule has 2 amide bonds. The third-order valence-corrected chi connectivity index (χ3v) is 7.86. The second-order valence-electron chi connectivity index (χ2n) is 10.1. The van der Waals surface area contributed by atoms with E-state index in [2.05, 4.69) is 4.90 Å². The highest BCUT2D eigenvalue weighted by Crippen LogP contribution is 2.48. The summed E-state index contributed by atoms with van der Waals surface area (Å²) in [5.41, 5.74) is 0.992. The largest absolute Gasteiger partial charge is 0.367 e. The third kappa shape index (κ3) is 4.44. The van der Waals surface area contributed by atoms with Crippen molar-refractivity contribution in [2.24, 2.45) is 5.92 Å². The molecule has 32 heavy (non-hydrogen) atoms. The zero-order valence-electron chi connectivity index (χ0n) is 19.0. The Bertz CT molecular complexity index is 795. The topological polar surface area (TPSA) is 59.1 Å². The van der Waals surface area contributed by atoms with Crippen LogP contribution in [0.5, 0.6) is 0 Å². The Morgan fingerprint density at radius 3 is 2.41 bits per heavy atom. The van der Waals surface area contributed by atoms with Crippen molar-refractivity contribution in [3.63, 3.8) is 0 Å². The highest BCUT2D eigenvalue weighted by atomic mass is 16.5. The normalized spacial score (nSPS) is 25.8. The lowest BCUT2D eigenvalue weighted by molar-refractivity contribution is -0.211. The average molecular weight is 441 g/mol. The minimum atomic E-state index is -0.227. The van der Waals surface area contributed by atoms with Crippen LogP contribution < -0.4 is 0 Å². The molecule has 174 valence electrons. The van der Waals surface area contributed by atoms with E-state index in [4.69, 9.17) is 9.47 Å². The molecule has 6 nitrogen and oxygen atoms in total. The smallest absolute Gasteiger partial charge is 0.254 e. The molecule has 1 aromatic rings. The minimum absolute atomic E-state index is 0.0485. The fraction of sp³-hybridized carbons (Fsp3) is 0.692. The molecule has 5 rings (SSSR count). The van der Waals surface area contributed by atoms with E-state index >= 15 is 0 Å². The van der Waals surface area contributed by atoms with Gasteiger partial charge in [-0.1, -0.05) is 49.6 Å². The van der Waals surface area contributed by atoms with Gasteiger partial charge in [-0.2, -0.15) is 0 Å². The van der Waals surface area contributed by atoms with Gasteiger partial charge in [0.25, 0.3) is 5.91 Å². The van der Waals surface area contributed by atoms with Crippen LogP contribution in [-0.4, -0.2) is 65.6 Å². The second kappa shape index (κ2) is 9.52. The number of ether oxygens (including phenoxy) is 2. The molecule has 1 unspecified atom stereocenters. The number of benzene rings is 1. The maximum absolute atomic E-state index is 13.2. The molecule has 1 spiro atoms. The van der Waals surface area contributed by atoms with E-state index in [0.29, 0.717) is 25.6 Å². The van der Waals surface area contributed by atoms with Gasteiger partial charge in [0.15, 0.2) is 6.10 Å². The molecule has 1 atom stereocenters. The Morgan fingerprint density at radius 1 is 1.00 bits per heavy atom. The molecule has 2 saturated heterocycles. The first-order valence-electron chi connectivity index (χ1n) is 12.5. The summed E-state index contributed by atoms with van der Waals surface area (Å²) >= 11 is 0. The zero-order chi connectivity index (χ0) is 22.0. The molecule has 4 aliphatic rings. The van der Waals surface area contributed by atoms with Crippen LogP contribution in [0.25, 0.3) is 0 Å². The van der Waals surface area contributed by atoms with Gasteiger partial charge < -0.3 is 19.3 Å². The van der Waals surface area contributed by atoms with Crippen molar-refractivity contribution in [2.75, 3.05) is 26.3 Å². The molecule has 4 fully saturated rings. The number of rotatable bonds is 8. The van der Waals surface area contributed by atoms with Gasteiger partial charge in [0, 0.05) is 19.1 Å². The van der Waals surface area contributed by atoms with Crippen molar-refractivity contribution < 1.29 is 19.1 Å². The first kappa shape index (κ1) is 21.9. The molecule has 2 aliphatic carbocycles. The van der Waals surface area contributed by atoms with Gasteiger partial charge in [-0.05, 0) is 50.0 Å². The van der Waals surface area contributed by atoms with Crippen LogP contribution in [0.1, 0.15) is 63.4 Å². The summed E-state index contributed by atoms with van der Waals surface area (Å²) in [5, 5.41) is 0. The maximum atomic E-state index is 13.2. The molecular formula is C26H36N2O4. The number of likely N-dealkylation sites (tertiary alicyclic amines) is 2. The second-order valence-corrected chi connectivity index (χ2v) is 10.1. The lowest BCUT2D eigenvalue weighted by Gasteiger charge is -2.62. The summed E-state index contributed by atoms with van der Waals surface area (Å²) in [6.07, 6.45) is 9.75. The number of carbonyl (C=O) groups is 2. The first-order chi connectivity index (χ1) is 15.7. The van der Waals surface area contributed by atoms with E-state index < -0.39 is 0 Å². The summed E-state index contributed by atoms with van der Waals surface area (Å²) in [7, 11) is 0. The molecule has 2 aliphatic heterocycles. The highest BCUT2D eigenvalue weighted by molar-refractivity contribution is 5.91. The number of nitrogens with zero attached hydrogens (tertiary/aromatic N) is 2. The van der Waals surface area contributed by atoms with Crippen LogP contribution in [0.15, 0.2) is 30.3 Å². The fourth-order valence-electron chi connectivity index (χ4n) is 5.88. The number of carbonyl (C=O) groups excluding carboxylic acids is 2. The van der Waals surface area contributed by atoms with Crippen LogP contribution in [-0.2, 0) is 25.7 Å². The Kier molecular flexibility index (Phi) is 6.51. The Labute approximate surface area is 191 Å². The predicted molar refractivity (Wildman–Crippen MR) is 121 cm³/mol. The summed E-state index contributed by atoms with van der Waals surface area (Å²) in [5.74, 6) is 0.923. The lowest BCUT2D eigenvalue weighted by atomic mass is 9.68. The summed E-state index contributed by atoms with van der Waals surface area (Å²) in [4.78, 5) is 29.9. The monoisotopic (exact) mass is 440 g/mol. The van der Waals surface area contributed by atoms with Gasteiger partial charge in [0.1, 0.15) is 6.61 Å². The van der Waals surface area contributed by atoms with E-state index in [1.165, 1.54) is 32.1 Å². The van der Waals surface area contributed by atoms with E-state index in [9.17, 15) is 9.59 Å². The minimum Gasteiger partial charge on any atom is -0.367 e. The van der Waals surface area contributed by atoms with Crippen LogP contribution in [0.3, 0.4) is 0 Å². The quantitative estimate of drug-likeness (QED) is 0.580. The van der Waals surface area contributed by atoms with Crippen LogP contribution in [0, 0.1) is 5.92 Å². The van der Waals surface area contributed by atoms with Crippen LogP contribution in [0.4, 0.5) is 0 Å². The van der Waals surface area contributed by atoms with Crippen LogP contribution in [0.2, 0.25) is 0 Å². The van der Waals surface area contributed by atoms with Crippen molar-refractivity contribution >= 4 is 11.8 Å². The number of piperidine rings is 1. The van der Waals surface area contributed by atoms with Gasteiger partial charge >= 0.3 is 0 Å². The summed E-state index contributed by atoms with van der Waals surface area (Å²) in [6, 6.07) is 10.2. The van der Waals surface area contributed by atoms with E-state index in [0.717, 1.165) is 37.9 Å². The average Bonchev–Trinajstić information content (AvgIpc) is 3.65. The van der Waals surface area contributed by atoms with Crippen molar-refractivity contribution in [1.82, 2.24) is 9.80 Å². The molecule has 0 aromatic heterocycles. The lowest BCUT2D eigenvalue weighted by Crippen LogP contribution is -2.78. The molecule has 2 saturated carbocycles. The van der Waals surface area contributed by atoms with Gasteiger partial charge in [-0.15, -0.1) is 0 Å². The third-order valence-electron chi connectivity index (χ3n) is 7.86. The van der Waals surface area contributed by atoms with Gasteiger partial charge in [0.05, 0.1) is 18.8 Å². The molecular weight excluding hydrogens is 404 g/mol. The van der Waals surface area contributed by atoms with Crippen molar-refractivity contribution in [2.45, 2.75) is 82.1 Å². The summed E-state index contributed by atoms with van der Waals surface area (Å²) in [6.45, 7) is 2.72. The van der Waals surface area contributed by atoms with Crippen molar-refractivity contribution in [3.05, 3.63) is 35.9 Å². The number of hydrogen-bond donors (Lipinski definition) is 0. The van der Waals surface area contributed by atoms with E-state index in [1.807, 2.05) is 35.2 Å². The zero-order valence-corrected chi connectivity index (χ0v) is 19.0. The van der Waals surface area contributed by atoms with Gasteiger partial charge in [-0.25, -0.2) is 0 Å². The number of β-lactam (4-membered cyclic amide) rings is 1. The predicted octanol–water partition coefficient (Wildman–Crippen LogP) is 3.53. The maximum Gasteiger partial charge on any atom is 0.254 e. The van der Waals surface area contributed by atoms with Crippen molar-refractivity contribution in [3.8, 4) is 0 Å². The Balaban J connectivity index is 1.13. The highest BCUT2D eigenvalue weighted by Gasteiger charge is 2.62. The van der Waals surface area contributed by atoms with Crippen LogP contribution >= 0.6 is 0 Å². The fourth-order valence-corrected chi connectivity index (χ4v) is 5.88.